The van der Waals surface area contributed by atoms with Gasteiger partial charge in [0.2, 0.25) is 0 Å². The summed E-state index contributed by atoms with van der Waals surface area (Å²) < 4.78 is 33.3. The molecule has 6 heteroatoms. The van der Waals surface area contributed by atoms with E-state index in [0.29, 0.717) is 13.2 Å². The predicted molar refractivity (Wildman–Crippen MR) is 58.8 cm³/mol. The Morgan fingerprint density at radius 2 is 2.25 bits per heavy atom. The van der Waals surface area contributed by atoms with Gasteiger partial charge in [-0.1, -0.05) is 0 Å². The Morgan fingerprint density at radius 3 is 2.75 bits per heavy atom. The molecular formula is C10H18O5S. The highest BCUT2D eigenvalue weighted by Crippen LogP contribution is 2.18. The minimum atomic E-state index is -3.23. The molecule has 1 aliphatic rings. The van der Waals surface area contributed by atoms with E-state index in [0.717, 1.165) is 6.42 Å². The van der Waals surface area contributed by atoms with Crippen molar-refractivity contribution in [2.75, 3.05) is 26.1 Å². The molecule has 16 heavy (non-hydrogen) atoms. The summed E-state index contributed by atoms with van der Waals surface area (Å²) in [6.07, 6.45) is 0.705. The maximum atomic E-state index is 11.9. The lowest BCUT2D eigenvalue weighted by atomic mass is 10.2. The monoisotopic (exact) mass is 250 g/mol. The van der Waals surface area contributed by atoms with Crippen molar-refractivity contribution in [1.82, 2.24) is 0 Å². The molecule has 0 aliphatic carbocycles. The molecule has 1 saturated heterocycles. The van der Waals surface area contributed by atoms with Gasteiger partial charge in [-0.25, -0.2) is 8.42 Å². The molecule has 5 nitrogen and oxygen atoms in total. The summed E-state index contributed by atoms with van der Waals surface area (Å²) in [4.78, 5) is 11.0. The molecule has 1 aliphatic heterocycles. The number of carbonyl (C=O) groups is 1. The van der Waals surface area contributed by atoms with Gasteiger partial charge in [0.15, 0.2) is 9.84 Å². The average Bonchev–Trinajstić information content (AvgIpc) is 2.69. The summed E-state index contributed by atoms with van der Waals surface area (Å²) in [6.45, 7) is 2.68. The molecule has 0 radical (unpaired) electrons. The first-order valence-corrected chi connectivity index (χ1v) is 7.03. The summed E-state index contributed by atoms with van der Waals surface area (Å²) in [5.74, 6) is -0.311. The van der Waals surface area contributed by atoms with E-state index in [-0.39, 0.29) is 18.1 Å². The van der Waals surface area contributed by atoms with Gasteiger partial charge in [-0.2, -0.15) is 0 Å². The van der Waals surface area contributed by atoms with Crippen LogP contribution in [0.25, 0.3) is 0 Å². The van der Waals surface area contributed by atoms with E-state index < -0.39 is 21.1 Å². The van der Waals surface area contributed by atoms with Gasteiger partial charge in [0, 0.05) is 6.61 Å². The molecule has 1 rings (SSSR count). The first-order chi connectivity index (χ1) is 7.45. The van der Waals surface area contributed by atoms with Crippen molar-refractivity contribution in [3.05, 3.63) is 0 Å². The molecule has 0 N–H and O–H groups in total. The Hall–Kier alpha value is -0.620. The van der Waals surface area contributed by atoms with Crippen LogP contribution in [0.4, 0.5) is 0 Å². The van der Waals surface area contributed by atoms with Gasteiger partial charge in [0.1, 0.15) is 0 Å². The number of rotatable bonds is 5. The largest absolute Gasteiger partial charge is 0.469 e. The molecule has 0 aromatic rings. The molecule has 1 heterocycles. The molecule has 0 aromatic heterocycles. The van der Waals surface area contributed by atoms with Gasteiger partial charge in [0.25, 0.3) is 0 Å². The van der Waals surface area contributed by atoms with Gasteiger partial charge >= 0.3 is 5.97 Å². The second kappa shape index (κ2) is 5.63. The van der Waals surface area contributed by atoms with E-state index in [1.165, 1.54) is 7.11 Å². The van der Waals surface area contributed by atoms with E-state index in [1.54, 1.807) is 6.92 Å². The highest BCUT2D eigenvalue weighted by molar-refractivity contribution is 7.92. The smallest absolute Gasteiger partial charge is 0.306 e. The van der Waals surface area contributed by atoms with Crippen molar-refractivity contribution < 1.29 is 22.7 Å². The van der Waals surface area contributed by atoms with E-state index in [2.05, 4.69) is 4.74 Å². The average molecular weight is 250 g/mol. The quantitative estimate of drug-likeness (QED) is 0.660. The van der Waals surface area contributed by atoms with Crippen LogP contribution >= 0.6 is 0 Å². The van der Waals surface area contributed by atoms with Crippen LogP contribution in [-0.4, -0.2) is 45.7 Å². The third-order valence-electron chi connectivity index (χ3n) is 2.79. The lowest BCUT2D eigenvalue weighted by Gasteiger charge is -2.14. The summed E-state index contributed by atoms with van der Waals surface area (Å²) >= 11 is 0. The Labute approximate surface area is 96.0 Å². The number of ether oxygens (including phenoxy) is 2. The van der Waals surface area contributed by atoms with Crippen LogP contribution in [0.1, 0.15) is 19.8 Å². The van der Waals surface area contributed by atoms with Crippen molar-refractivity contribution in [3.63, 3.8) is 0 Å². The van der Waals surface area contributed by atoms with Crippen LogP contribution in [-0.2, 0) is 24.1 Å². The third-order valence-corrected chi connectivity index (χ3v) is 5.12. The SMILES string of the molecule is COC(=O)CC(C)S(=O)(=O)CC1CCOC1. The van der Waals surface area contributed by atoms with Gasteiger partial charge < -0.3 is 9.47 Å². The van der Waals surface area contributed by atoms with Crippen LogP contribution in [0.2, 0.25) is 0 Å². The summed E-state index contributed by atoms with van der Waals surface area (Å²) in [7, 11) is -1.97. The van der Waals surface area contributed by atoms with Gasteiger partial charge in [-0.3, -0.25) is 4.79 Å². The van der Waals surface area contributed by atoms with Crippen LogP contribution < -0.4 is 0 Å². The number of carbonyl (C=O) groups excluding carboxylic acids is 1. The topological polar surface area (TPSA) is 69.7 Å². The molecule has 0 spiro atoms. The van der Waals surface area contributed by atoms with Crippen LogP contribution in [0.15, 0.2) is 0 Å². The van der Waals surface area contributed by atoms with Gasteiger partial charge in [-0.15, -0.1) is 0 Å². The van der Waals surface area contributed by atoms with E-state index >= 15 is 0 Å². The van der Waals surface area contributed by atoms with Gasteiger partial charge in [0.05, 0.1) is 31.1 Å². The minimum Gasteiger partial charge on any atom is -0.469 e. The second-order valence-electron chi connectivity index (χ2n) is 4.15. The summed E-state index contributed by atoms with van der Waals surface area (Å²) in [6, 6.07) is 0. The molecule has 1 fully saturated rings. The molecule has 2 unspecified atom stereocenters. The minimum absolute atomic E-state index is 0.0742. The van der Waals surface area contributed by atoms with Crippen LogP contribution in [0, 0.1) is 5.92 Å². The van der Waals surface area contributed by atoms with E-state index in [4.69, 9.17) is 4.74 Å². The highest BCUT2D eigenvalue weighted by Gasteiger charge is 2.29. The van der Waals surface area contributed by atoms with Crippen molar-refractivity contribution in [2.45, 2.75) is 25.0 Å². The highest BCUT2D eigenvalue weighted by atomic mass is 32.2. The number of sulfone groups is 1. The lowest BCUT2D eigenvalue weighted by Crippen LogP contribution is -2.28. The fourth-order valence-electron chi connectivity index (χ4n) is 1.65. The Bertz CT molecular complexity index is 329. The molecule has 94 valence electrons. The lowest BCUT2D eigenvalue weighted by molar-refractivity contribution is -0.140. The molecular weight excluding hydrogens is 232 g/mol. The Morgan fingerprint density at radius 1 is 1.56 bits per heavy atom. The van der Waals surface area contributed by atoms with Gasteiger partial charge in [-0.05, 0) is 19.3 Å². The second-order valence-corrected chi connectivity index (χ2v) is 6.61. The Kier molecular flexibility index (Phi) is 4.73. The number of hydrogen-bond donors (Lipinski definition) is 0. The zero-order valence-electron chi connectivity index (χ0n) is 9.64. The van der Waals surface area contributed by atoms with Crippen molar-refractivity contribution in [1.29, 1.82) is 0 Å². The molecule has 0 aromatic carbocycles. The fraction of sp³-hybridized carbons (Fsp3) is 0.900. The maximum Gasteiger partial charge on any atom is 0.306 e. The molecule has 2 atom stereocenters. The van der Waals surface area contributed by atoms with E-state index in [9.17, 15) is 13.2 Å². The predicted octanol–water partition coefficient (Wildman–Crippen LogP) is 0.389. The zero-order chi connectivity index (χ0) is 12.2. The van der Waals surface area contributed by atoms with Crippen LogP contribution in [0.5, 0.6) is 0 Å². The fourth-order valence-corrected chi connectivity index (χ4v) is 3.29. The molecule has 0 saturated carbocycles. The third kappa shape index (κ3) is 3.75. The standard InChI is InChI=1S/C10H18O5S/c1-8(5-10(11)14-2)16(12,13)7-9-3-4-15-6-9/h8-9H,3-7H2,1-2H3. The molecule has 0 amide bonds. The number of hydrogen-bond acceptors (Lipinski definition) is 5. The Balaban J connectivity index is 2.51. The summed E-state index contributed by atoms with van der Waals surface area (Å²) in [5, 5.41) is -0.680. The number of methoxy groups -OCH3 is 1. The first-order valence-electron chi connectivity index (χ1n) is 5.32. The summed E-state index contributed by atoms with van der Waals surface area (Å²) in [5.41, 5.74) is 0. The number of esters is 1. The van der Waals surface area contributed by atoms with Crippen molar-refractivity contribution in [3.8, 4) is 0 Å². The molecule has 0 bridgehead atoms. The van der Waals surface area contributed by atoms with E-state index in [1.807, 2.05) is 0 Å². The van der Waals surface area contributed by atoms with Crippen molar-refractivity contribution >= 4 is 15.8 Å². The maximum absolute atomic E-state index is 11.9. The van der Waals surface area contributed by atoms with Crippen molar-refractivity contribution in [2.24, 2.45) is 5.92 Å². The van der Waals surface area contributed by atoms with Crippen LogP contribution in [0.3, 0.4) is 0 Å². The zero-order valence-corrected chi connectivity index (χ0v) is 10.5. The first kappa shape index (κ1) is 13.4. The normalized spacial score (nSPS) is 23.0.